The van der Waals surface area contributed by atoms with Crippen LogP contribution in [0.3, 0.4) is 0 Å². The largest absolute Gasteiger partial charge is 0.496 e. The third kappa shape index (κ3) is 4.14. The highest BCUT2D eigenvalue weighted by molar-refractivity contribution is 5.68. The summed E-state index contributed by atoms with van der Waals surface area (Å²) in [5.74, 6) is 1.58. The molecule has 0 aliphatic rings. The second-order valence-corrected chi connectivity index (χ2v) is 5.37. The number of methoxy groups -OCH3 is 2. The predicted octanol–water partition coefficient (Wildman–Crippen LogP) is 3.84. The maximum absolute atomic E-state index is 5.56. The molecule has 128 valence electrons. The van der Waals surface area contributed by atoms with Crippen LogP contribution in [0.25, 0.3) is 22.5 Å². The molecular weight excluding hydrogens is 316 g/mol. The van der Waals surface area contributed by atoms with Gasteiger partial charge in [-0.2, -0.15) is 0 Å². The number of benzene rings is 2. The minimum Gasteiger partial charge on any atom is -0.496 e. The first-order valence-corrected chi connectivity index (χ1v) is 8.01. The van der Waals surface area contributed by atoms with Crippen LogP contribution in [0.1, 0.15) is 0 Å². The van der Waals surface area contributed by atoms with Crippen LogP contribution >= 0.6 is 0 Å². The smallest absolute Gasteiger partial charge is 0.128 e. The van der Waals surface area contributed by atoms with Gasteiger partial charge in [0.25, 0.3) is 0 Å². The molecule has 0 aliphatic carbocycles. The van der Waals surface area contributed by atoms with Crippen LogP contribution in [0, 0.1) is 0 Å². The van der Waals surface area contributed by atoms with Crippen LogP contribution in [0.5, 0.6) is 11.5 Å². The highest BCUT2D eigenvalue weighted by atomic mass is 16.5. The van der Waals surface area contributed by atoms with Crippen molar-refractivity contribution < 1.29 is 14.2 Å². The molecule has 2 aromatic carbocycles. The Hall–Kier alpha value is -2.92. The second kappa shape index (κ2) is 8.26. The lowest BCUT2D eigenvalue weighted by Gasteiger charge is -2.08. The highest BCUT2D eigenvalue weighted by Gasteiger charge is 2.08. The van der Waals surface area contributed by atoms with Gasteiger partial charge < -0.3 is 14.2 Å². The van der Waals surface area contributed by atoms with Crippen LogP contribution in [0.4, 0.5) is 0 Å². The maximum atomic E-state index is 5.56. The zero-order valence-corrected chi connectivity index (χ0v) is 14.3. The van der Waals surface area contributed by atoms with Gasteiger partial charge in [0.2, 0.25) is 0 Å². The van der Waals surface area contributed by atoms with Crippen molar-refractivity contribution >= 4 is 0 Å². The maximum Gasteiger partial charge on any atom is 0.128 e. The van der Waals surface area contributed by atoms with Crippen molar-refractivity contribution in [3.8, 4) is 34.0 Å². The summed E-state index contributed by atoms with van der Waals surface area (Å²) in [4.78, 5) is 0. The van der Waals surface area contributed by atoms with E-state index in [2.05, 4.69) is 10.2 Å². The monoisotopic (exact) mass is 336 g/mol. The number of para-hydroxylation sites is 1. The highest BCUT2D eigenvalue weighted by Crippen LogP contribution is 2.28. The molecule has 0 amide bonds. The van der Waals surface area contributed by atoms with Gasteiger partial charge in [-0.25, -0.2) is 0 Å². The molecule has 0 atom stereocenters. The van der Waals surface area contributed by atoms with Crippen molar-refractivity contribution in [3.63, 3.8) is 0 Å². The zero-order valence-electron chi connectivity index (χ0n) is 14.3. The Morgan fingerprint density at radius 3 is 2.16 bits per heavy atom. The number of aromatic nitrogens is 2. The lowest BCUT2D eigenvalue weighted by atomic mass is 10.1. The van der Waals surface area contributed by atoms with Gasteiger partial charge in [-0.1, -0.05) is 12.1 Å². The SMILES string of the molecule is COCCOc1ccc(-c2ccc(-c3ccccc3OC)nn2)cc1. The molecule has 3 aromatic rings. The summed E-state index contributed by atoms with van der Waals surface area (Å²) in [5, 5.41) is 8.68. The first-order valence-electron chi connectivity index (χ1n) is 8.01. The van der Waals surface area contributed by atoms with E-state index in [0.717, 1.165) is 34.0 Å². The minimum atomic E-state index is 0.531. The fraction of sp³-hybridized carbons (Fsp3) is 0.200. The van der Waals surface area contributed by atoms with Gasteiger partial charge in [-0.05, 0) is 48.5 Å². The van der Waals surface area contributed by atoms with Gasteiger partial charge in [-0.15, -0.1) is 10.2 Å². The molecule has 0 saturated heterocycles. The molecule has 25 heavy (non-hydrogen) atoms. The Balaban J connectivity index is 1.76. The third-order valence-electron chi connectivity index (χ3n) is 3.75. The Kier molecular flexibility index (Phi) is 5.59. The van der Waals surface area contributed by atoms with E-state index in [9.17, 15) is 0 Å². The van der Waals surface area contributed by atoms with E-state index in [1.54, 1.807) is 14.2 Å². The van der Waals surface area contributed by atoms with Gasteiger partial charge >= 0.3 is 0 Å². The van der Waals surface area contributed by atoms with Gasteiger partial charge in [-0.3, -0.25) is 0 Å². The molecule has 0 fully saturated rings. The molecule has 0 saturated carbocycles. The lowest BCUT2D eigenvalue weighted by molar-refractivity contribution is 0.146. The molecule has 3 rings (SSSR count). The molecule has 0 spiro atoms. The number of ether oxygens (including phenoxy) is 3. The van der Waals surface area contributed by atoms with Crippen LogP contribution < -0.4 is 9.47 Å². The van der Waals surface area contributed by atoms with E-state index < -0.39 is 0 Å². The third-order valence-corrected chi connectivity index (χ3v) is 3.75. The van der Waals surface area contributed by atoms with Crippen molar-refractivity contribution in [3.05, 3.63) is 60.7 Å². The number of rotatable bonds is 7. The van der Waals surface area contributed by atoms with E-state index in [0.29, 0.717) is 13.2 Å². The van der Waals surface area contributed by atoms with E-state index >= 15 is 0 Å². The summed E-state index contributed by atoms with van der Waals surface area (Å²) >= 11 is 0. The Bertz CT molecular complexity index is 802. The molecule has 1 aromatic heterocycles. The standard InChI is InChI=1S/C20H20N2O3/c1-23-13-14-25-16-9-7-15(8-10-16)18-11-12-19(22-21-18)17-5-3-4-6-20(17)24-2/h3-12H,13-14H2,1-2H3. The molecule has 0 aliphatic heterocycles. The fourth-order valence-corrected chi connectivity index (χ4v) is 2.45. The fourth-order valence-electron chi connectivity index (χ4n) is 2.45. The molecular formula is C20H20N2O3. The summed E-state index contributed by atoms with van der Waals surface area (Å²) in [5.41, 5.74) is 3.49. The molecule has 0 N–H and O–H groups in total. The molecule has 5 heteroatoms. The van der Waals surface area contributed by atoms with Crippen molar-refractivity contribution in [2.24, 2.45) is 0 Å². The summed E-state index contributed by atoms with van der Waals surface area (Å²) in [6, 6.07) is 19.4. The quantitative estimate of drug-likeness (QED) is 0.614. The predicted molar refractivity (Wildman–Crippen MR) is 96.8 cm³/mol. The molecule has 0 radical (unpaired) electrons. The average molecular weight is 336 g/mol. The van der Waals surface area contributed by atoms with Gasteiger partial charge in [0, 0.05) is 18.2 Å². The molecule has 0 unspecified atom stereocenters. The van der Waals surface area contributed by atoms with Gasteiger partial charge in [0.15, 0.2) is 0 Å². The van der Waals surface area contributed by atoms with E-state index in [4.69, 9.17) is 14.2 Å². The first-order chi connectivity index (χ1) is 12.3. The topological polar surface area (TPSA) is 53.5 Å². The number of hydrogen-bond acceptors (Lipinski definition) is 5. The van der Waals surface area contributed by atoms with Crippen LogP contribution in [0.2, 0.25) is 0 Å². The van der Waals surface area contributed by atoms with Gasteiger partial charge in [0.1, 0.15) is 18.1 Å². The Labute approximate surface area is 147 Å². The number of nitrogens with zero attached hydrogens (tertiary/aromatic N) is 2. The summed E-state index contributed by atoms with van der Waals surface area (Å²) in [6.07, 6.45) is 0. The van der Waals surface area contributed by atoms with E-state index in [1.165, 1.54) is 0 Å². The minimum absolute atomic E-state index is 0.531. The van der Waals surface area contributed by atoms with Crippen molar-refractivity contribution in [2.45, 2.75) is 0 Å². The Morgan fingerprint density at radius 1 is 0.760 bits per heavy atom. The second-order valence-electron chi connectivity index (χ2n) is 5.37. The lowest BCUT2D eigenvalue weighted by Crippen LogP contribution is -2.03. The summed E-state index contributed by atoms with van der Waals surface area (Å²) in [7, 11) is 3.30. The van der Waals surface area contributed by atoms with Crippen molar-refractivity contribution in [1.29, 1.82) is 0 Å². The van der Waals surface area contributed by atoms with Crippen molar-refractivity contribution in [1.82, 2.24) is 10.2 Å². The summed E-state index contributed by atoms with van der Waals surface area (Å²) in [6.45, 7) is 1.10. The molecule has 1 heterocycles. The molecule has 5 nitrogen and oxygen atoms in total. The Morgan fingerprint density at radius 2 is 1.48 bits per heavy atom. The normalized spacial score (nSPS) is 10.5. The zero-order chi connectivity index (χ0) is 17.5. The molecule has 0 bridgehead atoms. The number of hydrogen-bond donors (Lipinski definition) is 0. The van der Waals surface area contributed by atoms with E-state index in [1.807, 2.05) is 60.7 Å². The first kappa shape index (κ1) is 16.9. The van der Waals surface area contributed by atoms with Gasteiger partial charge in [0.05, 0.1) is 25.1 Å². The van der Waals surface area contributed by atoms with Crippen LogP contribution in [0.15, 0.2) is 60.7 Å². The van der Waals surface area contributed by atoms with Crippen LogP contribution in [-0.2, 0) is 4.74 Å². The average Bonchev–Trinajstić information content (AvgIpc) is 2.69. The summed E-state index contributed by atoms with van der Waals surface area (Å²) < 4.78 is 15.9. The van der Waals surface area contributed by atoms with Crippen molar-refractivity contribution in [2.75, 3.05) is 27.4 Å². The van der Waals surface area contributed by atoms with Crippen LogP contribution in [-0.4, -0.2) is 37.6 Å². The van der Waals surface area contributed by atoms with E-state index in [-0.39, 0.29) is 0 Å².